The Morgan fingerprint density at radius 1 is 1.12 bits per heavy atom. The molecular formula is C18H20F2N2O2. The molecule has 4 nitrogen and oxygen atoms in total. The number of benzene rings is 1. The quantitative estimate of drug-likeness (QED) is 0.865. The lowest BCUT2D eigenvalue weighted by atomic mass is 10.2. The number of hydrogen-bond acceptors (Lipinski definition) is 2. The average Bonchev–Trinajstić information content (AvgIpc) is 2.85. The van der Waals surface area contributed by atoms with Crippen LogP contribution in [0.15, 0.2) is 24.3 Å². The number of amides is 1. The highest BCUT2D eigenvalue weighted by atomic mass is 19.2. The summed E-state index contributed by atoms with van der Waals surface area (Å²) < 4.78 is 33.7. The van der Waals surface area contributed by atoms with Gasteiger partial charge < -0.3 is 14.2 Å². The van der Waals surface area contributed by atoms with Gasteiger partial charge in [-0.05, 0) is 43.2 Å². The first kappa shape index (κ1) is 16.6. The van der Waals surface area contributed by atoms with Crippen molar-refractivity contribution in [2.45, 2.75) is 20.4 Å². The molecule has 128 valence electrons. The average molecular weight is 334 g/mol. The second-order valence-electron chi connectivity index (χ2n) is 6.06. The van der Waals surface area contributed by atoms with Crippen LogP contribution in [0, 0.1) is 25.5 Å². The first-order valence-corrected chi connectivity index (χ1v) is 7.95. The van der Waals surface area contributed by atoms with Gasteiger partial charge in [0.15, 0.2) is 11.6 Å². The van der Waals surface area contributed by atoms with Gasteiger partial charge in [0.1, 0.15) is 5.69 Å². The van der Waals surface area contributed by atoms with E-state index in [0.29, 0.717) is 44.1 Å². The number of aryl methyl sites for hydroxylation is 2. The van der Waals surface area contributed by atoms with Crippen molar-refractivity contribution in [3.63, 3.8) is 0 Å². The Morgan fingerprint density at radius 2 is 1.83 bits per heavy atom. The van der Waals surface area contributed by atoms with E-state index in [2.05, 4.69) is 0 Å². The third kappa shape index (κ3) is 3.19. The van der Waals surface area contributed by atoms with Crippen LogP contribution in [0.2, 0.25) is 0 Å². The zero-order valence-corrected chi connectivity index (χ0v) is 13.8. The van der Waals surface area contributed by atoms with Gasteiger partial charge in [0.05, 0.1) is 13.2 Å². The minimum atomic E-state index is -0.880. The van der Waals surface area contributed by atoms with Gasteiger partial charge in [-0.15, -0.1) is 0 Å². The monoisotopic (exact) mass is 334 g/mol. The Labute approximate surface area is 139 Å². The highest BCUT2D eigenvalue weighted by Crippen LogP contribution is 2.20. The summed E-state index contributed by atoms with van der Waals surface area (Å²) in [5, 5.41) is 0. The van der Waals surface area contributed by atoms with Crippen LogP contribution in [0.4, 0.5) is 8.78 Å². The highest BCUT2D eigenvalue weighted by Gasteiger charge is 2.24. The first-order chi connectivity index (χ1) is 11.5. The van der Waals surface area contributed by atoms with Crippen molar-refractivity contribution in [2.24, 2.45) is 0 Å². The molecule has 2 aromatic rings. The van der Waals surface area contributed by atoms with E-state index in [-0.39, 0.29) is 5.91 Å². The molecule has 0 aliphatic carbocycles. The van der Waals surface area contributed by atoms with E-state index in [1.54, 1.807) is 4.90 Å². The van der Waals surface area contributed by atoms with Crippen LogP contribution in [0.3, 0.4) is 0 Å². The molecule has 1 amide bonds. The van der Waals surface area contributed by atoms with Gasteiger partial charge in [-0.1, -0.05) is 6.07 Å². The summed E-state index contributed by atoms with van der Waals surface area (Å²) in [6.07, 6.45) is 0. The lowest BCUT2D eigenvalue weighted by molar-refractivity contribution is 0.0295. The minimum Gasteiger partial charge on any atom is -0.378 e. The maximum atomic E-state index is 13.5. The van der Waals surface area contributed by atoms with Gasteiger partial charge >= 0.3 is 0 Å². The Hall–Kier alpha value is -2.21. The van der Waals surface area contributed by atoms with E-state index in [1.165, 1.54) is 12.1 Å². The number of ether oxygens (including phenoxy) is 1. The van der Waals surface area contributed by atoms with E-state index < -0.39 is 11.6 Å². The number of carbonyl (C=O) groups excluding carboxylic acids is 1. The molecule has 24 heavy (non-hydrogen) atoms. The van der Waals surface area contributed by atoms with Gasteiger partial charge in [-0.25, -0.2) is 8.78 Å². The molecule has 2 heterocycles. The number of carbonyl (C=O) groups is 1. The van der Waals surface area contributed by atoms with Crippen LogP contribution in [0.25, 0.3) is 0 Å². The number of morpholine rings is 1. The third-order valence-corrected chi connectivity index (χ3v) is 4.32. The van der Waals surface area contributed by atoms with Crippen molar-refractivity contribution in [1.29, 1.82) is 0 Å². The summed E-state index contributed by atoms with van der Waals surface area (Å²) in [7, 11) is 0. The van der Waals surface area contributed by atoms with Crippen molar-refractivity contribution in [3.8, 4) is 0 Å². The molecule has 1 fully saturated rings. The van der Waals surface area contributed by atoms with Gasteiger partial charge in [0, 0.05) is 25.3 Å². The van der Waals surface area contributed by atoms with E-state index in [4.69, 9.17) is 4.74 Å². The molecule has 0 unspecified atom stereocenters. The number of hydrogen-bond donors (Lipinski definition) is 0. The van der Waals surface area contributed by atoms with E-state index in [9.17, 15) is 13.6 Å². The zero-order valence-electron chi connectivity index (χ0n) is 13.8. The molecular weight excluding hydrogens is 314 g/mol. The topological polar surface area (TPSA) is 34.5 Å². The van der Waals surface area contributed by atoms with Gasteiger partial charge in [-0.2, -0.15) is 0 Å². The number of rotatable bonds is 3. The standard InChI is InChI=1S/C18H20F2N2O2/c1-12-9-13(2)22(11-14-3-4-15(19)16(20)10-14)17(12)18(23)21-5-7-24-8-6-21/h3-4,9-10H,5-8,11H2,1-2H3. The van der Waals surface area contributed by atoms with Gasteiger partial charge in [0.25, 0.3) is 5.91 Å². The Balaban J connectivity index is 1.92. The van der Waals surface area contributed by atoms with Crippen LogP contribution >= 0.6 is 0 Å². The van der Waals surface area contributed by atoms with Crippen LogP contribution in [-0.2, 0) is 11.3 Å². The Morgan fingerprint density at radius 3 is 2.50 bits per heavy atom. The van der Waals surface area contributed by atoms with Crippen LogP contribution < -0.4 is 0 Å². The van der Waals surface area contributed by atoms with E-state index in [1.807, 2.05) is 24.5 Å². The number of halogens is 2. The molecule has 0 saturated carbocycles. The van der Waals surface area contributed by atoms with Gasteiger partial charge in [-0.3, -0.25) is 4.79 Å². The molecule has 3 rings (SSSR count). The number of aromatic nitrogens is 1. The summed E-state index contributed by atoms with van der Waals surface area (Å²) in [5.41, 5.74) is 3.00. The van der Waals surface area contributed by atoms with Crippen molar-refractivity contribution in [2.75, 3.05) is 26.3 Å². The minimum absolute atomic E-state index is 0.0496. The van der Waals surface area contributed by atoms with Crippen LogP contribution in [0.1, 0.15) is 27.3 Å². The fourth-order valence-corrected chi connectivity index (χ4v) is 3.07. The van der Waals surface area contributed by atoms with Crippen molar-refractivity contribution in [1.82, 2.24) is 9.47 Å². The van der Waals surface area contributed by atoms with Crippen molar-refractivity contribution >= 4 is 5.91 Å². The molecule has 1 aromatic heterocycles. The zero-order chi connectivity index (χ0) is 17.3. The SMILES string of the molecule is Cc1cc(C)n(Cc2ccc(F)c(F)c2)c1C(=O)N1CCOCC1. The molecule has 6 heteroatoms. The lowest BCUT2D eigenvalue weighted by Gasteiger charge is -2.27. The summed E-state index contributed by atoms with van der Waals surface area (Å²) >= 11 is 0. The lowest BCUT2D eigenvalue weighted by Crippen LogP contribution is -2.41. The van der Waals surface area contributed by atoms with Crippen LogP contribution in [0.5, 0.6) is 0 Å². The predicted molar refractivity (Wildman–Crippen MR) is 86.1 cm³/mol. The van der Waals surface area contributed by atoms with E-state index in [0.717, 1.165) is 17.3 Å². The second-order valence-corrected chi connectivity index (χ2v) is 6.06. The maximum Gasteiger partial charge on any atom is 0.270 e. The molecule has 0 spiro atoms. The first-order valence-electron chi connectivity index (χ1n) is 7.95. The second kappa shape index (κ2) is 6.73. The Kier molecular flexibility index (Phi) is 4.66. The molecule has 1 aromatic carbocycles. The predicted octanol–water partition coefficient (Wildman–Crippen LogP) is 2.90. The van der Waals surface area contributed by atoms with Crippen molar-refractivity contribution in [3.05, 3.63) is 58.4 Å². The summed E-state index contributed by atoms with van der Waals surface area (Å²) in [6, 6.07) is 5.76. The fraction of sp³-hybridized carbons (Fsp3) is 0.389. The fourth-order valence-electron chi connectivity index (χ4n) is 3.07. The van der Waals surface area contributed by atoms with Crippen molar-refractivity contribution < 1.29 is 18.3 Å². The molecule has 0 bridgehead atoms. The summed E-state index contributed by atoms with van der Waals surface area (Å²) in [6.45, 7) is 6.32. The molecule has 0 radical (unpaired) electrons. The largest absolute Gasteiger partial charge is 0.378 e. The van der Waals surface area contributed by atoms with Crippen LogP contribution in [-0.4, -0.2) is 41.7 Å². The van der Waals surface area contributed by atoms with E-state index >= 15 is 0 Å². The summed E-state index contributed by atoms with van der Waals surface area (Å²) in [4.78, 5) is 14.7. The number of nitrogens with zero attached hydrogens (tertiary/aromatic N) is 2. The highest BCUT2D eigenvalue weighted by molar-refractivity contribution is 5.94. The molecule has 1 aliphatic heterocycles. The molecule has 1 aliphatic rings. The maximum absolute atomic E-state index is 13.5. The smallest absolute Gasteiger partial charge is 0.270 e. The Bertz CT molecular complexity index is 765. The molecule has 1 saturated heterocycles. The molecule has 0 N–H and O–H groups in total. The third-order valence-electron chi connectivity index (χ3n) is 4.32. The normalized spacial score (nSPS) is 14.9. The summed E-state index contributed by atoms with van der Waals surface area (Å²) in [5.74, 6) is -1.80. The van der Waals surface area contributed by atoms with Gasteiger partial charge in [0.2, 0.25) is 0 Å². The molecule has 0 atom stereocenters.